The number of ether oxygens (including phenoxy) is 2. The van der Waals surface area contributed by atoms with E-state index in [1.165, 1.54) is 33.7 Å². The summed E-state index contributed by atoms with van der Waals surface area (Å²) in [6.07, 6.45) is -8.68. The first kappa shape index (κ1) is 38.6. The van der Waals surface area contributed by atoms with Crippen LogP contribution in [0.15, 0.2) is 65.2 Å². The molecule has 4 aromatic rings. The third kappa shape index (κ3) is 8.31. The summed E-state index contributed by atoms with van der Waals surface area (Å²) in [4.78, 5) is 47.4. The average molecular weight is 806 g/mol. The number of aliphatic hydroxyl groups is 4. The van der Waals surface area contributed by atoms with E-state index in [9.17, 15) is 44.1 Å². The Bertz CT molecular complexity index is 2050. The molecule has 6 rings (SSSR count). The molecule has 2 aliphatic rings. The SMILES string of the molecule is NC(=O)c1ccc[n+]([C@@H]2O[C@H](COP(=O)([O-])OP(=O)(O)OC[C@H]3O[C@@H](n4c(Sc5ccc(Cl)cc5)nc5c(N)ncnc54)[C@H](O)[C@@H]3O)[C@@H](O)[C@H]2O)c1. The zero-order chi connectivity index (χ0) is 37.5. The van der Waals surface area contributed by atoms with Gasteiger partial charge in [0.15, 0.2) is 46.9 Å². The molecule has 0 spiro atoms. The van der Waals surface area contributed by atoms with Crippen LogP contribution in [-0.2, 0) is 32.0 Å². The number of nitrogens with zero attached hydrogens (tertiary/aromatic N) is 5. The predicted molar refractivity (Wildman–Crippen MR) is 173 cm³/mol. The Morgan fingerprint density at radius 3 is 2.40 bits per heavy atom. The van der Waals surface area contributed by atoms with Gasteiger partial charge in [0.1, 0.15) is 42.4 Å². The number of anilines is 1. The van der Waals surface area contributed by atoms with Crippen molar-refractivity contribution in [1.82, 2.24) is 19.5 Å². The summed E-state index contributed by atoms with van der Waals surface area (Å²) in [5.41, 5.74) is 11.6. The van der Waals surface area contributed by atoms with Crippen LogP contribution in [0.4, 0.5) is 5.82 Å². The van der Waals surface area contributed by atoms with Crippen molar-refractivity contribution in [3.8, 4) is 0 Å². The molecule has 0 aliphatic carbocycles. The van der Waals surface area contributed by atoms with E-state index in [0.29, 0.717) is 9.92 Å². The van der Waals surface area contributed by atoms with Crippen LogP contribution in [0, 0.1) is 0 Å². The number of fused-ring (bicyclic) bond motifs is 1. The van der Waals surface area contributed by atoms with Gasteiger partial charge in [-0.1, -0.05) is 23.4 Å². The van der Waals surface area contributed by atoms with E-state index in [-0.39, 0.29) is 27.7 Å². The second-order valence-electron chi connectivity index (χ2n) is 11.3. The van der Waals surface area contributed by atoms with Crippen molar-refractivity contribution in [1.29, 1.82) is 0 Å². The molecule has 21 nitrogen and oxygen atoms in total. The van der Waals surface area contributed by atoms with Crippen LogP contribution < -0.4 is 20.9 Å². The Morgan fingerprint density at radius 2 is 1.69 bits per heavy atom. The van der Waals surface area contributed by atoms with Gasteiger partial charge in [-0.2, -0.15) is 4.57 Å². The quantitative estimate of drug-likeness (QED) is 0.0639. The highest BCUT2D eigenvalue weighted by Gasteiger charge is 2.49. The molecule has 52 heavy (non-hydrogen) atoms. The van der Waals surface area contributed by atoms with E-state index in [4.69, 9.17) is 37.1 Å². The van der Waals surface area contributed by atoms with Crippen molar-refractivity contribution < 1.29 is 71.5 Å². The molecule has 2 unspecified atom stereocenters. The fourth-order valence-corrected chi connectivity index (χ4v) is 8.40. The lowest BCUT2D eigenvalue weighted by Crippen LogP contribution is -2.46. The van der Waals surface area contributed by atoms with E-state index in [0.717, 1.165) is 18.1 Å². The Hall–Kier alpha value is -3.15. The molecular weight excluding hydrogens is 776 g/mol. The molecule has 2 saturated heterocycles. The van der Waals surface area contributed by atoms with Crippen molar-refractivity contribution in [2.45, 2.75) is 59.1 Å². The van der Waals surface area contributed by atoms with Gasteiger partial charge in [-0.3, -0.25) is 18.5 Å². The topological polar surface area (TPSA) is 321 Å². The van der Waals surface area contributed by atoms with Crippen molar-refractivity contribution in [2.75, 3.05) is 18.9 Å². The number of aromatic nitrogens is 5. The van der Waals surface area contributed by atoms with E-state index in [1.54, 1.807) is 24.3 Å². The largest absolute Gasteiger partial charge is 0.756 e. The van der Waals surface area contributed by atoms with Crippen LogP contribution >= 0.6 is 39.0 Å². The number of phosphoric acid groups is 2. The molecule has 9 N–H and O–H groups in total. The van der Waals surface area contributed by atoms with Gasteiger partial charge in [-0.25, -0.2) is 23.8 Å². The fourth-order valence-electron chi connectivity index (χ4n) is 5.31. The predicted octanol–water partition coefficient (Wildman–Crippen LogP) is -0.843. The number of halogens is 1. The summed E-state index contributed by atoms with van der Waals surface area (Å²) < 4.78 is 52.7. The number of aliphatic hydroxyl groups excluding tert-OH is 4. The number of primary amides is 1. The highest BCUT2D eigenvalue weighted by molar-refractivity contribution is 7.99. The maximum Gasteiger partial charge on any atom is 0.478 e. The van der Waals surface area contributed by atoms with E-state index < -0.39 is 83.8 Å². The number of benzene rings is 1. The van der Waals surface area contributed by atoms with Gasteiger partial charge in [0, 0.05) is 16.0 Å². The van der Waals surface area contributed by atoms with Gasteiger partial charge < -0.3 is 55.7 Å². The van der Waals surface area contributed by atoms with Crippen LogP contribution in [0.2, 0.25) is 5.02 Å². The van der Waals surface area contributed by atoms with Crippen LogP contribution in [0.5, 0.6) is 0 Å². The molecule has 280 valence electrons. The van der Waals surface area contributed by atoms with E-state index in [1.807, 2.05) is 0 Å². The van der Waals surface area contributed by atoms with Gasteiger partial charge in [-0.15, -0.1) is 0 Å². The molecule has 0 radical (unpaired) electrons. The first-order valence-electron chi connectivity index (χ1n) is 14.9. The highest BCUT2D eigenvalue weighted by atomic mass is 35.5. The minimum atomic E-state index is -5.67. The smallest absolute Gasteiger partial charge is 0.478 e. The van der Waals surface area contributed by atoms with Crippen molar-refractivity contribution >= 4 is 61.9 Å². The number of imidazole rings is 1. The van der Waals surface area contributed by atoms with Crippen LogP contribution in [-0.4, -0.2) is 101 Å². The molecular formula is C27H30ClN7O14P2S. The second kappa shape index (κ2) is 15.3. The number of rotatable bonds is 13. The Kier molecular flexibility index (Phi) is 11.3. The third-order valence-corrected chi connectivity index (χ3v) is 11.6. The normalized spacial score (nSPS) is 28.5. The zero-order valence-corrected chi connectivity index (χ0v) is 29.6. The standard InChI is InChI=1S/C27H30ClN7O14P2S/c28-13-3-5-14(6-4-13)52-27-33-17-22(29)31-11-32-24(17)35(27)26-21(39)19(37)16(48-26)10-46-51(43,44)49-50(41,42)45-9-15-18(36)20(38)25(47-15)34-7-1-2-12(8-34)23(30)40/h1-8,11,15-16,18-21,25-26,36-39H,9-10H2,(H5-,29,30,31,32,40,41,42,43,44)/t15-,16-,18-,19-,20-,21-,25-,26-/m1/s1. The fraction of sp³-hybridized carbons (Fsp3) is 0.370. The monoisotopic (exact) mass is 805 g/mol. The molecule has 1 amide bonds. The van der Waals surface area contributed by atoms with Crippen LogP contribution in [0.1, 0.15) is 22.8 Å². The number of phosphoric ester groups is 2. The summed E-state index contributed by atoms with van der Waals surface area (Å²) in [5, 5.41) is 43.3. The molecule has 2 aliphatic heterocycles. The van der Waals surface area contributed by atoms with Crippen molar-refractivity contribution in [3.05, 3.63) is 65.7 Å². The Morgan fingerprint density at radius 1 is 1.02 bits per heavy atom. The number of hydrogen-bond acceptors (Lipinski definition) is 18. The highest BCUT2D eigenvalue weighted by Crippen LogP contribution is 2.58. The first-order chi connectivity index (χ1) is 24.5. The molecule has 0 bridgehead atoms. The number of carbonyl (C=O) groups is 1. The molecule has 5 heterocycles. The van der Waals surface area contributed by atoms with E-state index in [2.05, 4.69) is 23.8 Å². The maximum absolute atomic E-state index is 12.7. The van der Waals surface area contributed by atoms with E-state index >= 15 is 0 Å². The molecule has 3 aromatic heterocycles. The third-order valence-electron chi connectivity index (χ3n) is 7.83. The minimum Gasteiger partial charge on any atom is -0.756 e. The molecule has 25 heteroatoms. The van der Waals surface area contributed by atoms with Crippen molar-refractivity contribution in [3.63, 3.8) is 0 Å². The number of nitrogens with two attached hydrogens (primary N) is 2. The zero-order valence-electron chi connectivity index (χ0n) is 26.2. The molecule has 1 aromatic carbocycles. The summed E-state index contributed by atoms with van der Waals surface area (Å²) in [5.74, 6) is -0.769. The van der Waals surface area contributed by atoms with Gasteiger partial charge in [0.25, 0.3) is 20.0 Å². The summed E-state index contributed by atoms with van der Waals surface area (Å²) >= 11 is 7.10. The average Bonchev–Trinajstić information content (AvgIpc) is 3.70. The number of carbonyl (C=O) groups excluding carboxylic acids is 1. The second-order valence-corrected chi connectivity index (χ2v) is 15.8. The first-order valence-corrected chi connectivity index (χ1v) is 19.1. The number of nitrogen functional groups attached to an aromatic ring is 1. The van der Waals surface area contributed by atoms with Crippen LogP contribution in [0.25, 0.3) is 11.2 Å². The van der Waals surface area contributed by atoms with Gasteiger partial charge in [0.2, 0.25) is 0 Å². The number of pyridine rings is 1. The minimum absolute atomic E-state index is 0.0103. The lowest BCUT2D eigenvalue weighted by atomic mass is 10.1. The molecule has 10 atom stereocenters. The maximum atomic E-state index is 12.7. The van der Waals surface area contributed by atoms with Gasteiger partial charge >= 0.3 is 7.82 Å². The Balaban J connectivity index is 1.09. The van der Waals surface area contributed by atoms with Gasteiger partial charge in [-0.05, 0) is 30.3 Å². The number of amides is 1. The number of hydrogen-bond donors (Lipinski definition) is 7. The molecule has 0 saturated carbocycles. The Labute approximate surface area is 301 Å². The summed E-state index contributed by atoms with van der Waals surface area (Å²) in [6, 6.07) is 9.51. The lowest BCUT2D eigenvalue weighted by Gasteiger charge is -2.26. The van der Waals surface area contributed by atoms with Crippen molar-refractivity contribution in [2.24, 2.45) is 5.73 Å². The van der Waals surface area contributed by atoms with Crippen LogP contribution in [0.3, 0.4) is 0 Å². The van der Waals surface area contributed by atoms with Gasteiger partial charge in [0.05, 0.1) is 13.2 Å². The lowest BCUT2D eigenvalue weighted by molar-refractivity contribution is -0.765. The molecule has 2 fully saturated rings. The summed E-state index contributed by atoms with van der Waals surface area (Å²) in [6.45, 7) is -1.95. The summed E-state index contributed by atoms with van der Waals surface area (Å²) in [7, 11) is -11.2.